The van der Waals surface area contributed by atoms with E-state index in [1.165, 1.54) is 9.80 Å². The lowest BCUT2D eigenvalue weighted by molar-refractivity contribution is -0.144. The maximum Gasteiger partial charge on any atom is 0.325 e. The fourth-order valence-corrected chi connectivity index (χ4v) is 1.63. The maximum absolute atomic E-state index is 12.3. The molecule has 1 atom stereocenters. The molecular formula is C13H24N2O5. The first-order chi connectivity index (χ1) is 9.37. The van der Waals surface area contributed by atoms with Gasteiger partial charge in [0.25, 0.3) is 0 Å². The summed E-state index contributed by atoms with van der Waals surface area (Å²) in [5.41, 5.74) is 0. The van der Waals surface area contributed by atoms with Crippen molar-refractivity contribution in [1.82, 2.24) is 9.80 Å². The van der Waals surface area contributed by atoms with Crippen molar-refractivity contribution >= 4 is 18.0 Å². The van der Waals surface area contributed by atoms with Crippen molar-refractivity contribution in [3.63, 3.8) is 0 Å². The van der Waals surface area contributed by atoms with Crippen molar-refractivity contribution in [2.24, 2.45) is 5.92 Å². The number of rotatable bonds is 8. The fourth-order valence-electron chi connectivity index (χ4n) is 1.63. The Bertz CT molecular complexity index is 346. The monoisotopic (exact) mass is 288 g/mol. The molecule has 7 heteroatoms. The number of carbonyl (C=O) groups excluding carboxylic acids is 2. The molecule has 7 nitrogen and oxygen atoms in total. The molecule has 0 rings (SSSR count). The van der Waals surface area contributed by atoms with E-state index in [0.717, 1.165) is 0 Å². The number of carbonyl (C=O) groups is 3. The lowest BCUT2D eigenvalue weighted by atomic mass is 10.2. The molecule has 1 unspecified atom stereocenters. The number of esters is 1. The summed E-state index contributed by atoms with van der Waals surface area (Å²) < 4.78 is 4.81. The summed E-state index contributed by atoms with van der Waals surface area (Å²) in [6, 6.07) is -0.351. The largest absolute Gasteiger partial charge is 0.481 e. The number of carboxylic acids is 1. The molecule has 0 aliphatic rings. The predicted molar refractivity (Wildman–Crippen MR) is 73.3 cm³/mol. The van der Waals surface area contributed by atoms with Gasteiger partial charge in [-0.3, -0.25) is 9.59 Å². The van der Waals surface area contributed by atoms with Crippen molar-refractivity contribution in [3.8, 4) is 0 Å². The van der Waals surface area contributed by atoms with E-state index in [1.807, 2.05) is 0 Å². The number of hydrogen-bond donors (Lipinski definition) is 1. The van der Waals surface area contributed by atoms with Gasteiger partial charge in [0.15, 0.2) is 0 Å². The lowest BCUT2D eigenvalue weighted by Gasteiger charge is -2.29. The minimum absolute atomic E-state index is 0.115. The molecule has 0 radical (unpaired) electrons. The highest BCUT2D eigenvalue weighted by atomic mass is 16.5. The third-order valence-electron chi connectivity index (χ3n) is 2.85. The Balaban J connectivity index is 4.68. The van der Waals surface area contributed by atoms with Gasteiger partial charge in [0.2, 0.25) is 0 Å². The van der Waals surface area contributed by atoms with Crippen LogP contribution in [-0.4, -0.2) is 65.7 Å². The van der Waals surface area contributed by atoms with Gasteiger partial charge in [0, 0.05) is 19.6 Å². The zero-order valence-electron chi connectivity index (χ0n) is 12.6. The molecule has 0 aliphatic carbocycles. The number of aliphatic carboxylic acids is 1. The Labute approximate surface area is 119 Å². The summed E-state index contributed by atoms with van der Waals surface area (Å²) in [5.74, 6) is -2.07. The Kier molecular flexibility index (Phi) is 8.35. The van der Waals surface area contributed by atoms with Gasteiger partial charge in [0.05, 0.1) is 12.5 Å². The van der Waals surface area contributed by atoms with Crippen LogP contribution in [0.15, 0.2) is 0 Å². The van der Waals surface area contributed by atoms with E-state index in [0.29, 0.717) is 13.1 Å². The van der Waals surface area contributed by atoms with Crippen LogP contribution in [-0.2, 0) is 14.3 Å². The molecule has 20 heavy (non-hydrogen) atoms. The summed E-state index contributed by atoms with van der Waals surface area (Å²) in [5, 5.41) is 8.89. The Morgan fingerprint density at radius 3 is 2.05 bits per heavy atom. The summed E-state index contributed by atoms with van der Waals surface area (Å²) in [4.78, 5) is 37.3. The highest BCUT2D eigenvalue weighted by Gasteiger charge is 2.24. The molecule has 0 aliphatic heterocycles. The predicted octanol–water partition coefficient (Wildman–Crippen LogP) is 1.03. The molecule has 0 bridgehead atoms. The van der Waals surface area contributed by atoms with Crippen LogP contribution in [0.2, 0.25) is 0 Å². The Morgan fingerprint density at radius 1 is 1.10 bits per heavy atom. The van der Waals surface area contributed by atoms with Crippen LogP contribution in [0.25, 0.3) is 0 Å². The van der Waals surface area contributed by atoms with Gasteiger partial charge in [-0.05, 0) is 20.8 Å². The van der Waals surface area contributed by atoms with E-state index < -0.39 is 17.9 Å². The second kappa shape index (κ2) is 9.17. The number of amides is 2. The second-order valence-electron chi connectivity index (χ2n) is 4.38. The third kappa shape index (κ3) is 5.90. The average molecular weight is 288 g/mol. The first-order valence-corrected chi connectivity index (χ1v) is 6.79. The van der Waals surface area contributed by atoms with Gasteiger partial charge in [-0.2, -0.15) is 0 Å². The van der Waals surface area contributed by atoms with Crippen molar-refractivity contribution in [3.05, 3.63) is 0 Å². The smallest absolute Gasteiger partial charge is 0.325 e. The van der Waals surface area contributed by atoms with Gasteiger partial charge in [-0.25, -0.2) is 4.79 Å². The number of carboxylic acid groups (broad SMARTS) is 1. The highest BCUT2D eigenvalue weighted by Crippen LogP contribution is 2.05. The van der Waals surface area contributed by atoms with Gasteiger partial charge < -0.3 is 19.6 Å². The molecule has 1 N–H and O–H groups in total. The molecule has 0 spiro atoms. The van der Waals surface area contributed by atoms with E-state index in [-0.39, 0.29) is 25.7 Å². The van der Waals surface area contributed by atoms with E-state index in [1.54, 1.807) is 27.7 Å². The van der Waals surface area contributed by atoms with E-state index >= 15 is 0 Å². The lowest BCUT2D eigenvalue weighted by Crippen LogP contribution is -2.47. The summed E-state index contributed by atoms with van der Waals surface area (Å²) in [7, 11) is 0. The molecule has 0 saturated carbocycles. The zero-order valence-corrected chi connectivity index (χ0v) is 12.6. The number of nitrogens with zero attached hydrogens (tertiary/aromatic N) is 2. The topological polar surface area (TPSA) is 87.2 Å². The Morgan fingerprint density at radius 2 is 1.65 bits per heavy atom. The molecule has 0 aromatic heterocycles. The molecule has 0 aromatic rings. The summed E-state index contributed by atoms with van der Waals surface area (Å²) in [6.07, 6.45) is 0. The van der Waals surface area contributed by atoms with E-state index in [2.05, 4.69) is 0 Å². The van der Waals surface area contributed by atoms with E-state index in [4.69, 9.17) is 9.84 Å². The quantitative estimate of drug-likeness (QED) is 0.674. The van der Waals surface area contributed by atoms with Crippen LogP contribution in [0.5, 0.6) is 0 Å². The number of ether oxygens (including phenoxy) is 1. The van der Waals surface area contributed by atoms with E-state index in [9.17, 15) is 14.4 Å². The summed E-state index contributed by atoms with van der Waals surface area (Å²) in [6.45, 7) is 7.76. The van der Waals surface area contributed by atoms with Gasteiger partial charge in [0.1, 0.15) is 6.54 Å². The van der Waals surface area contributed by atoms with Gasteiger partial charge in [-0.1, -0.05) is 6.92 Å². The normalized spacial score (nSPS) is 11.6. The molecule has 0 fully saturated rings. The van der Waals surface area contributed by atoms with Crippen molar-refractivity contribution in [2.75, 3.05) is 32.8 Å². The molecule has 0 aromatic carbocycles. The zero-order chi connectivity index (χ0) is 15.7. The minimum atomic E-state index is -0.954. The first-order valence-electron chi connectivity index (χ1n) is 6.79. The highest BCUT2D eigenvalue weighted by molar-refractivity contribution is 5.81. The van der Waals surface area contributed by atoms with Gasteiger partial charge in [-0.15, -0.1) is 0 Å². The maximum atomic E-state index is 12.3. The number of urea groups is 1. The standard InChI is InChI=1S/C13H24N2O5/c1-5-14(8-10(4)12(17)18)13(19)15(6-2)9-11(16)20-7-3/h10H,5-9H2,1-4H3,(H,17,18). The number of likely N-dealkylation sites (N-methyl/N-ethyl adjacent to an activating group) is 1. The van der Waals surface area contributed by atoms with Crippen LogP contribution in [0.1, 0.15) is 27.7 Å². The number of hydrogen-bond acceptors (Lipinski definition) is 4. The average Bonchev–Trinajstić information content (AvgIpc) is 2.41. The van der Waals surface area contributed by atoms with Crippen molar-refractivity contribution < 1.29 is 24.2 Å². The Hall–Kier alpha value is -1.79. The van der Waals surface area contributed by atoms with Crippen LogP contribution >= 0.6 is 0 Å². The van der Waals surface area contributed by atoms with Gasteiger partial charge >= 0.3 is 18.0 Å². The molecule has 116 valence electrons. The summed E-state index contributed by atoms with van der Waals surface area (Å²) >= 11 is 0. The van der Waals surface area contributed by atoms with Crippen LogP contribution in [0, 0.1) is 5.92 Å². The van der Waals surface area contributed by atoms with Crippen LogP contribution in [0.4, 0.5) is 4.79 Å². The van der Waals surface area contributed by atoms with Crippen molar-refractivity contribution in [2.45, 2.75) is 27.7 Å². The second-order valence-corrected chi connectivity index (χ2v) is 4.38. The third-order valence-corrected chi connectivity index (χ3v) is 2.85. The molecule has 0 saturated heterocycles. The SMILES string of the molecule is CCOC(=O)CN(CC)C(=O)N(CC)CC(C)C(=O)O. The minimum Gasteiger partial charge on any atom is -0.481 e. The fraction of sp³-hybridized carbons (Fsp3) is 0.769. The van der Waals surface area contributed by atoms with Crippen LogP contribution < -0.4 is 0 Å². The molecule has 0 heterocycles. The van der Waals surface area contributed by atoms with Crippen LogP contribution in [0.3, 0.4) is 0 Å². The molecule has 2 amide bonds. The van der Waals surface area contributed by atoms with Crippen molar-refractivity contribution in [1.29, 1.82) is 0 Å². The first kappa shape index (κ1) is 18.2. The molecular weight excluding hydrogens is 264 g/mol.